The number of rotatable bonds is 1. The van der Waals surface area contributed by atoms with Crippen LogP contribution < -0.4 is 5.73 Å². The Kier molecular flexibility index (Phi) is 2.18. The Balaban J connectivity index is 3.43. The first-order valence-corrected chi connectivity index (χ1v) is 3.90. The van der Waals surface area contributed by atoms with Crippen molar-refractivity contribution in [2.24, 2.45) is 0 Å². The lowest BCUT2D eigenvalue weighted by Crippen LogP contribution is -2.04. The highest BCUT2D eigenvalue weighted by atomic mass is 16.1. The maximum absolute atomic E-state index is 11.2. The molecule has 0 atom stereocenters. The van der Waals surface area contributed by atoms with E-state index in [4.69, 9.17) is 5.73 Å². The number of ketones is 1. The van der Waals surface area contributed by atoms with Crippen LogP contribution in [0.5, 0.6) is 0 Å². The first-order valence-electron chi connectivity index (χ1n) is 3.90. The van der Waals surface area contributed by atoms with Crippen LogP contribution in [0.3, 0.4) is 0 Å². The zero-order chi connectivity index (χ0) is 9.30. The Labute approximate surface area is 72.4 Å². The van der Waals surface area contributed by atoms with E-state index in [1.54, 1.807) is 0 Å². The molecule has 0 saturated carbocycles. The summed E-state index contributed by atoms with van der Waals surface area (Å²) in [7, 11) is 0. The van der Waals surface area contributed by atoms with E-state index in [0.717, 1.165) is 11.1 Å². The van der Waals surface area contributed by atoms with Crippen LogP contribution in [-0.2, 0) is 0 Å². The van der Waals surface area contributed by atoms with Crippen molar-refractivity contribution >= 4 is 11.5 Å². The lowest BCUT2D eigenvalue weighted by atomic mass is 10.00. The maximum atomic E-state index is 11.2. The number of aryl methyl sites for hydroxylation is 2. The molecule has 12 heavy (non-hydrogen) atoms. The Morgan fingerprint density at radius 2 is 1.75 bits per heavy atom. The van der Waals surface area contributed by atoms with Gasteiger partial charge in [0, 0.05) is 11.3 Å². The smallest absolute Gasteiger partial charge is 0.162 e. The van der Waals surface area contributed by atoms with Crippen molar-refractivity contribution in [1.82, 2.24) is 0 Å². The molecule has 0 amide bonds. The fourth-order valence-corrected chi connectivity index (χ4v) is 1.30. The summed E-state index contributed by atoms with van der Waals surface area (Å²) < 4.78 is 0. The zero-order valence-corrected chi connectivity index (χ0v) is 7.64. The van der Waals surface area contributed by atoms with Crippen molar-refractivity contribution in [3.63, 3.8) is 0 Å². The predicted molar refractivity (Wildman–Crippen MR) is 50.3 cm³/mol. The quantitative estimate of drug-likeness (QED) is 0.509. The Hall–Kier alpha value is -1.31. The van der Waals surface area contributed by atoms with Gasteiger partial charge in [0.1, 0.15) is 0 Å². The van der Waals surface area contributed by atoms with Crippen LogP contribution >= 0.6 is 0 Å². The van der Waals surface area contributed by atoms with Crippen LogP contribution in [0, 0.1) is 13.8 Å². The molecule has 0 bridgehead atoms. The normalized spacial score (nSPS) is 9.92. The number of nitrogen functional groups attached to an aromatic ring is 1. The molecular formula is C10H13NO. The number of benzene rings is 1. The van der Waals surface area contributed by atoms with Gasteiger partial charge in [0.05, 0.1) is 0 Å². The van der Waals surface area contributed by atoms with Crippen molar-refractivity contribution in [3.8, 4) is 0 Å². The Morgan fingerprint density at radius 3 is 2.17 bits per heavy atom. The summed E-state index contributed by atoms with van der Waals surface area (Å²) >= 11 is 0. The van der Waals surface area contributed by atoms with Gasteiger partial charge in [-0.3, -0.25) is 4.79 Å². The van der Waals surface area contributed by atoms with E-state index >= 15 is 0 Å². The molecule has 2 heteroatoms. The highest BCUT2D eigenvalue weighted by molar-refractivity contribution is 6.01. The minimum atomic E-state index is 0.0358. The third kappa shape index (κ3) is 1.33. The molecule has 1 rings (SSSR count). The zero-order valence-electron chi connectivity index (χ0n) is 7.64. The Bertz CT molecular complexity index is 329. The van der Waals surface area contributed by atoms with E-state index < -0.39 is 0 Å². The second-order valence-corrected chi connectivity index (χ2v) is 3.04. The fourth-order valence-electron chi connectivity index (χ4n) is 1.30. The molecule has 1 aromatic rings. The minimum absolute atomic E-state index is 0.0358. The first-order chi connectivity index (χ1) is 5.54. The third-order valence-electron chi connectivity index (χ3n) is 2.02. The molecule has 0 radical (unpaired) electrons. The number of anilines is 1. The molecule has 2 nitrogen and oxygen atoms in total. The topological polar surface area (TPSA) is 43.1 Å². The molecule has 0 fully saturated rings. The van der Waals surface area contributed by atoms with E-state index in [-0.39, 0.29) is 5.78 Å². The number of hydrogen-bond acceptors (Lipinski definition) is 2. The lowest BCUT2D eigenvalue weighted by Gasteiger charge is -2.08. The molecule has 0 unspecified atom stereocenters. The van der Waals surface area contributed by atoms with Crippen LogP contribution in [0.1, 0.15) is 28.4 Å². The van der Waals surface area contributed by atoms with Crippen LogP contribution in [0.25, 0.3) is 0 Å². The summed E-state index contributed by atoms with van der Waals surface area (Å²) in [6.45, 7) is 5.34. The van der Waals surface area contributed by atoms with E-state index in [9.17, 15) is 4.79 Å². The second-order valence-electron chi connectivity index (χ2n) is 3.04. The minimum Gasteiger partial charge on any atom is -0.398 e. The van der Waals surface area contributed by atoms with Crippen LogP contribution in [0.15, 0.2) is 12.1 Å². The second kappa shape index (κ2) is 2.97. The number of hydrogen-bond donors (Lipinski definition) is 1. The van der Waals surface area contributed by atoms with Crippen LogP contribution in [-0.4, -0.2) is 5.78 Å². The Morgan fingerprint density at radius 1 is 1.25 bits per heavy atom. The van der Waals surface area contributed by atoms with Crippen LogP contribution in [0.2, 0.25) is 0 Å². The molecule has 0 saturated heterocycles. The molecule has 0 spiro atoms. The monoisotopic (exact) mass is 163 g/mol. The van der Waals surface area contributed by atoms with Crippen molar-refractivity contribution in [1.29, 1.82) is 0 Å². The van der Waals surface area contributed by atoms with E-state index in [0.29, 0.717) is 11.3 Å². The molecular weight excluding hydrogens is 150 g/mol. The lowest BCUT2D eigenvalue weighted by molar-refractivity contribution is 0.101. The summed E-state index contributed by atoms with van der Waals surface area (Å²) in [6.07, 6.45) is 0. The highest BCUT2D eigenvalue weighted by Gasteiger charge is 2.09. The van der Waals surface area contributed by atoms with Gasteiger partial charge in [-0.15, -0.1) is 0 Å². The third-order valence-corrected chi connectivity index (χ3v) is 2.02. The van der Waals surface area contributed by atoms with Gasteiger partial charge in [-0.25, -0.2) is 0 Å². The molecule has 0 aliphatic rings. The summed E-state index contributed by atoms with van der Waals surface area (Å²) in [5.74, 6) is 0.0358. The van der Waals surface area contributed by atoms with E-state index in [1.807, 2.05) is 26.0 Å². The summed E-state index contributed by atoms with van der Waals surface area (Å²) in [4.78, 5) is 11.2. The van der Waals surface area contributed by atoms with Gasteiger partial charge in [0.25, 0.3) is 0 Å². The standard InChI is InChI=1S/C10H13NO/c1-6-4-5-7(2)10(11)9(6)8(3)12/h4-5H,11H2,1-3H3. The van der Waals surface area contributed by atoms with Gasteiger partial charge in [-0.1, -0.05) is 12.1 Å². The van der Waals surface area contributed by atoms with Gasteiger partial charge in [0.2, 0.25) is 0 Å². The largest absolute Gasteiger partial charge is 0.398 e. The molecule has 0 aliphatic carbocycles. The average molecular weight is 163 g/mol. The molecule has 64 valence electrons. The SMILES string of the molecule is CC(=O)c1c(C)ccc(C)c1N. The molecule has 0 aliphatic heterocycles. The average Bonchev–Trinajstić information content (AvgIpc) is 1.97. The van der Waals surface area contributed by atoms with E-state index in [2.05, 4.69) is 0 Å². The molecule has 0 aromatic heterocycles. The summed E-state index contributed by atoms with van der Waals surface area (Å²) in [5, 5.41) is 0. The van der Waals surface area contributed by atoms with Gasteiger partial charge >= 0.3 is 0 Å². The van der Waals surface area contributed by atoms with Crippen LogP contribution in [0.4, 0.5) is 5.69 Å². The number of carbonyl (C=O) groups excluding carboxylic acids is 1. The highest BCUT2D eigenvalue weighted by Crippen LogP contribution is 2.20. The molecule has 2 N–H and O–H groups in total. The molecule has 1 aromatic carbocycles. The van der Waals surface area contributed by atoms with Crippen molar-refractivity contribution in [2.45, 2.75) is 20.8 Å². The fraction of sp³-hybridized carbons (Fsp3) is 0.300. The summed E-state index contributed by atoms with van der Waals surface area (Å²) in [5.41, 5.74) is 8.95. The number of nitrogens with two attached hydrogens (primary N) is 1. The number of carbonyl (C=O) groups is 1. The van der Waals surface area contributed by atoms with Crippen molar-refractivity contribution in [2.75, 3.05) is 5.73 Å². The van der Waals surface area contributed by atoms with Gasteiger partial charge in [-0.05, 0) is 31.9 Å². The number of Topliss-reactive ketones (excluding diaryl/α,β-unsaturated/α-hetero) is 1. The summed E-state index contributed by atoms with van der Waals surface area (Å²) in [6, 6.07) is 3.85. The van der Waals surface area contributed by atoms with Gasteiger partial charge in [0.15, 0.2) is 5.78 Å². The van der Waals surface area contributed by atoms with Gasteiger partial charge in [-0.2, -0.15) is 0 Å². The molecule has 0 heterocycles. The van der Waals surface area contributed by atoms with Gasteiger partial charge < -0.3 is 5.73 Å². The first kappa shape index (κ1) is 8.78. The maximum Gasteiger partial charge on any atom is 0.162 e. The van der Waals surface area contributed by atoms with Crippen molar-refractivity contribution in [3.05, 3.63) is 28.8 Å². The van der Waals surface area contributed by atoms with E-state index in [1.165, 1.54) is 6.92 Å². The van der Waals surface area contributed by atoms with Crippen molar-refractivity contribution < 1.29 is 4.79 Å². The predicted octanol–water partition coefficient (Wildman–Crippen LogP) is 2.09.